The van der Waals surface area contributed by atoms with Gasteiger partial charge in [-0.2, -0.15) is 0 Å². The van der Waals surface area contributed by atoms with Gasteiger partial charge in [-0.1, -0.05) is 12.1 Å². The fraction of sp³-hybridized carbons (Fsp3) is 0.385. The fourth-order valence-corrected chi connectivity index (χ4v) is 4.88. The Bertz CT molecular complexity index is 1310. The number of benzene rings is 2. The lowest BCUT2D eigenvalue weighted by molar-refractivity contribution is 0.0314. The molecular weight excluding hydrogens is 452 g/mol. The molecule has 1 atom stereocenters. The van der Waals surface area contributed by atoms with Gasteiger partial charge in [0, 0.05) is 37.8 Å². The van der Waals surface area contributed by atoms with Gasteiger partial charge in [0.2, 0.25) is 5.76 Å². The third-order valence-electron chi connectivity index (χ3n) is 6.66. The Morgan fingerprint density at radius 3 is 2.49 bits per heavy atom. The number of amides is 1. The summed E-state index contributed by atoms with van der Waals surface area (Å²) < 4.78 is 28.0. The Morgan fingerprint density at radius 1 is 0.971 bits per heavy atom. The van der Waals surface area contributed by atoms with Crippen molar-refractivity contribution in [1.29, 1.82) is 0 Å². The van der Waals surface area contributed by atoms with Gasteiger partial charge >= 0.3 is 0 Å². The number of hydrogen-bond acceptors (Lipinski definition) is 8. The van der Waals surface area contributed by atoms with Crippen molar-refractivity contribution in [3.63, 3.8) is 0 Å². The summed E-state index contributed by atoms with van der Waals surface area (Å²) in [4.78, 5) is 31.4. The highest BCUT2D eigenvalue weighted by atomic mass is 16.5. The quantitative estimate of drug-likeness (QED) is 0.510. The average Bonchev–Trinajstić information content (AvgIpc) is 3.18. The zero-order valence-electron chi connectivity index (χ0n) is 20.0. The number of methoxy groups -OCH3 is 3. The molecule has 3 aromatic rings. The number of rotatable bonds is 7. The summed E-state index contributed by atoms with van der Waals surface area (Å²) in [6, 6.07) is 9.79. The summed E-state index contributed by atoms with van der Waals surface area (Å²) in [5, 5.41) is 0.388. The topological polar surface area (TPSA) is 90.7 Å². The minimum atomic E-state index is -0.675. The van der Waals surface area contributed by atoms with Gasteiger partial charge in [-0.15, -0.1) is 0 Å². The molecule has 184 valence electrons. The molecule has 1 amide bonds. The lowest BCUT2D eigenvalue weighted by Crippen LogP contribution is -2.42. The van der Waals surface area contributed by atoms with E-state index in [1.54, 1.807) is 43.4 Å². The maximum Gasteiger partial charge on any atom is 0.290 e. The average molecular weight is 481 g/mol. The van der Waals surface area contributed by atoms with Crippen LogP contribution in [-0.4, -0.2) is 76.4 Å². The van der Waals surface area contributed by atoms with Crippen LogP contribution < -0.4 is 19.6 Å². The first kappa shape index (κ1) is 23.2. The third-order valence-corrected chi connectivity index (χ3v) is 6.66. The van der Waals surface area contributed by atoms with Gasteiger partial charge in [0.05, 0.1) is 51.5 Å². The van der Waals surface area contributed by atoms with Gasteiger partial charge in [-0.05, 0) is 18.2 Å². The minimum Gasteiger partial charge on any atom is -0.497 e. The Hall–Kier alpha value is -3.56. The molecule has 0 spiro atoms. The van der Waals surface area contributed by atoms with Gasteiger partial charge in [-0.25, -0.2) is 0 Å². The highest BCUT2D eigenvalue weighted by Crippen LogP contribution is 2.44. The Kier molecular flexibility index (Phi) is 6.36. The molecule has 5 rings (SSSR count). The van der Waals surface area contributed by atoms with Gasteiger partial charge in [0.1, 0.15) is 11.3 Å². The molecule has 0 radical (unpaired) electrons. The summed E-state index contributed by atoms with van der Waals surface area (Å²) in [5.74, 6) is 1.26. The molecule has 1 unspecified atom stereocenters. The summed E-state index contributed by atoms with van der Waals surface area (Å²) in [6.45, 7) is 3.97. The maximum absolute atomic E-state index is 13.8. The normalized spacial score (nSPS) is 18.1. The second-order valence-corrected chi connectivity index (χ2v) is 8.47. The molecule has 0 aliphatic carbocycles. The molecule has 1 aromatic heterocycles. The molecule has 3 heterocycles. The monoisotopic (exact) mass is 480 g/mol. The van der Waals surface area contributed by atoms with Gasteiger partial charge < -0.3 is 28.3 Å². The molecule has 2 aliphatic heterocycles. The lowest BCUT2D eigenvalue weighted by atomic mass is 9.97. The third kappa shape index (κ3) is 4.00. The Morgan fingerprint density at radius 2 is 1.77 bits per heavy atom. The lowest BCUT2D eigenvalue weighted by Gasteiger charge is -2.31. The van der Waals surface area contributed by atoms with Gasteiger partial charge in [0.25, 0.3) is 5.91 Å². The smallest absolute Gasteiger partial charge is 0.290 e. The second kappa shape index (κ2) is 9.59. The van der Waals surface area contributed by atoms with E-state index in [0.29, 0.717) is 65.6 Å². The van der Waals surface area contributed by atoms with Crippen LogP contribution in [0.4, 0.5) is 0 Å². The zero-order valence-corrected chi connectivity index (χ0v) is 20.0. The summed E-state index contributed by atoms with van der Waals surface area (Å²) >= 11 is 0. The first-order valence-electron chi connectivity index (χ1n) is 11.5. The van der Waals surface area contributed by atoms with E-state index in [9.17, 15) is 9.59 Å². The molecule has 2 aliphatic rings. The summed E-state index contributed by atoms with van der Waals surface area (Å²) in [7, 11) is 4.64. The molecule has 0 bridgehead atoms. The molecule has 35 heavy (non-hydrogen) atoms. The SMILES string of the molecule is COc1ccc2c(=O)c3c(oc2c1)C(=O)N(CCN1CCOCC1)C3c1cccc(OC)c1OC. The van der Waals surface area contributed by atoms with E-state index in [2.05, 4.69) is 4.90 Å². The van der Waals surface area contributed by atoms with Crippen molar-refractivity contribution in [2.45, 2.75) is 6.04 Å². The number of carbonyl (C=O) groups excluding carboxylic acids is 1. The van der Waals surface area contributed by atoms with Crippen LogP contribution >= 0.6 is 0 Å². The predicted octanol–water partition coefficient (Wildman–Crippen LogP) is 2.70. The van der Waals surface area contributed by atoms with E-state index < -0.39 is 6.04 Å². The van der Waals surface area contributed by atoms with Crippen LogP contribution in [0, 0.1) is 0 Å². The number of fused-ring (bicyclic) bond motifs is 2. The molecular formula is C26H28N2O7. The van der Waals surface area contributed by atoms with Crippen LogP contribution in [0.1, 0.15) is 27.7 Å². The highest BCUT2D eigenvalue weighted by molar-refractivity contribution is 5.99. The number of hydrogen-bond donors (Lipinski definition) is 0. The molecule has 1 fully saturated rings. The Balaban J connectivity index is 1.66. The van der Waals surface area contributed by atoms with Crippen LogP contribution in [0.15, 0.2) is 45.6 Å². The highest BCUT2D eigenvalue weighted by Gasteiger charge is 2.44. The maximum atomic E-state index is 13.8. The van der Waals surface area contributed by atoms with Crippen molar-refractivity contribution in [2.24, 2.45) is 0 Å². The van der Waals surface area contributed by atoms with Crippen molar-refractivity contribution in [2.75, 3.05) is 60.7 Å². The van der Waals surface area contributed by atoms with Crippen molar-refractivity contribution in [3.8, 4) is 17.2 Å². The number of ether oxygens (including phenoxy) is 4. The zero-order chi connectivity index (χ0) is 24.5. The van der Waals surface area contributed by atoms with Crippen LogP contribution in [0.25, 0.3) is 11.0 Å². The van der Waals surface area contributed by atoms with Crippen LogP contribution in [0.3, 0.4) is 0 Å². The summed E-state index contributed by atoms with van der Waals surface area (Å²) in [5.41, 5.74) is 1.04. The first-order chi connectivity index (χ1) is 17.1. The number of carbonyl (C=O) groups is 1. The fourth-order valence-electron chi connectivity index (χ4n) is 4.88. The van der Waals surface area contributed by atoms with E-state index in [4.69, 9.17) is 23.4 Å². The number of nitrogens with zero attached hydrogens (tertiary/aromatic N) is 2. The van der Waals surface area contributed by atoms with Crippen molar-refractivity contribution >= 4 is 16.9 Å². The number of para-hydroxylation sites is 1. The Labute approximate surface area is 202 Å². The van der Waals surface area contributed by atoms with E-state index >= 15 is 0 Å². The first-order valence-corrected chi connectivity index (χ1v) is 11.5. The minimum absolute atomic E-state index is 0.0487. The largest absolute Gasteiger partial charge is 0.497 e. The summed E-state index contributed by atoms with van der Waals surface area (Å²) in [6.07, 6.45) is 0. The number of morpholine rings is 1. The molecule has 9 heteroatoms. The van der Waals surface area contributed by atoms with Gasteiger partial charge in [-0.3, -0.25) is 14.5 Å². The molecule has 2 aromatic carbocycles. The molecule has 1 saturated heterocycles. The van der Waals surface area contributed by atoms with E-state index in [0.717, 1.165) is 13.1 Å². The van der Waals surface area contributed by atoms with Crippen molar-refractivity contribution in [1.82, 2.24) is 9.80 Å². The molecule has 0 N–H and O–H groups in total. The van der Waals surface area contributed by atoms with E-state index in [-0.39, 0.29) is 17.1 Å². The van der Waals surface area contributed by atoms with Crippen LogP contribution in [0.5, 0.6) is 17.2 Å². The van der Waals surface area contributed by atoms with Crippen molar-refractivity contribution < 1.29 is 28.2 Å². The van der Waals surface area contributed by atoms with Crippen LogP contribution in [0.2, 0.25) is 0 Å². The van der Waals surface area contributed by atoms with E-state index in [1.165, 1.54) is 7.11 Å². The molecule has 9 nitrogen and oxygen atoms in total. The van der Waals surface area contributed by atoms with Crippen LogP contribution in [-0.2, 0) is 4.74 Å². The van der Waals surface area contributed by atoms with E-state index in [1.807, 2.05) is 12.1 Å². The van der Waals surface area contributed by atoms with Crippen molar-refractivity contribution in [3.05, 3.63) is 63.5 Å². The molecule has 0 saturated carbocycles. The predicted molar refractivity (Wildman–Crippen MR) is 129 cm³/mol. The van der Waals surface area contributed by atoms with Gasteiger partial charge in [0.15, 0.2) is 16.9 Å². The second-order valence-electron chi connectivity index (χ2n) is 8.47. The standard InChI is InChI=1S/C26H28N2O7/c1-31-16-7-8-17-20(15-16)35-25-21(23(17)29)22(18-5-4-6-19(32-2)24(18)33-3)28(26(25)30)10-9-27-11-13-34-14-12-27/h4-8,15,22H,9-14H2,1-3H3.